The smallest absolute Gasteiger partial charge is 0.245 e. The Hall–Kier alpha value is -1.79. The van der Waals surface area contributed by atoms with Crippen LogP contribution in [0.4, 0.5) is 0 Å². The fourth-order valence-electron chi connectivity index (χ4n) is 3.50. The highest BCUT2D eigenvalue weighted by Crippen LogP contribution is 2.24. The Kier molecular flexibility index (Phi) is 7.57. The standard InChI is InChI=1S/C22H28N2O2S2/c1-3-5-19(22(26)24-10-8-20-18(13-24)9-11-28-20)23-21(25)15-27-14-17-7-4-6-16(2)12-17/h4,6-7,9,11-12,19H,3,5,8,10,13-15H2,1-2H3,(H,23,25). The minimum atomic E-state index is -0.419. The third-order valence-corrected chi connectivity index (χ3v) is 6.94. The molecule has 1 aliphatic heterocycles. The molecule has 6 heteroatoms. The average molecular weight is 417 g/mol. The lowest BCUT2D eigenvalue weighted by Crippen LogP contribution is -2.50. The zero-order chi connectivity index (χ0) is 19.9. The predicted molar refractivity (Wildman–Crippen MR) is 118 cm³/mol. The number of thioether (sulfide) groups is 1. The molecule has 2 aromatic rings. The van der Waals surface area contributed by atoms with Gasteiger partial charge in [-0.15, -0.1) is 23.1 Å². The Morgan fingerprint density at radius 2 is 2.18 bits per heavy atom. The number of nitrogens with zero attached hydrogens (tertiary/aromatic N) is 1. The van der Waals surface area contributed by atoms with Crippen LogP contribution in [0, 0.1) is 6.92 Å². The maximum Gasteiger partial charge on any atom is 0.245 e. The molecule has 1 aromatic heterocycles. The average Bonchev–Trinajstić information content (AvgIpc) is 3.15. The van der Waals surface area contributed by atoms with Crippen LogP contribution in [0.15, 0.2) is 35.7 Å². The monoisotopic (exact) mass is 416 g/mol. The number of hydrogen-bond acceptors (Lipinski definition) is 4. The van der Waals surface area contributed by atoms with E-state index in [0.717, 1.165) is 25.1 Å². The van der Waals surface area contributed by atoms with Gasteiger partial charge in [-0.2, -0.15) is 0 Å². The Labute approximate surface area is 175 Å². The lowest BCUT2D eigenvalue weighted by atomic mass is 10.1. The van der Waals surface area contributed by atoms with Crippen molar-refractivity contribution in [2.45, 2.75) is 51.4 Å². The quantitative estimate of drug-likeness (QED) is 0.703. The summed E-state index contributed by atoms with van der Waals surface area (Å²) >= 11 is 3.35. The molecule has 4 nitrogen and oxygen atoms in total. The molecule has 0 saturated heterocycles. The van der Waals surface area contributed by atoms with Gasteiger partial charge in [0.05, 0.1) is 5.75 Å². The number of amides is 2. The van der Waals surface area contributed by atoms with Gasteiger partial charge in [0, 0.05) is 23.7 Å². The molecule has 150 valence electrons. The summed E-state index contributed by atoms with van der Waals surface area (Å²) < 4.78 is 0. The van der Waals surface area contributed by atoms with Crippen molar-refractivity contribution in [3.63, 3.8) is 0 Å². The van der Waals surface area contributed by atoms with Gasteiger partial charge in [0.25, 0.3) is 0 Å². The second-order valence-corrected chi connectivity index (χ2v) is 9.26. The molecule has 0 fully saturated rings. The molecular weight excluding hydrogens is 388 g/mol. The lowest BCUT2D eigenvalue weighted by Gasteiger charge is -2.30. The van der Waals surface area contributed by atoms with E-state index in [4.69, 9.17) is 0 Å². The van der Waals surface area contributed by atoms with Crippen LogP contribution < -0.4 is 5.32 Å². The maximum absolute atomic E-state index is 13.0. The van der Waals surface area contributed by atoms with E-state index in [0.29, 0.717) is 18.7 Å². The summed E-state index contributed by atoms with van der Waals surface area (Å²) in [6.45, 7) is 5.52. The summed E-state index contributed by atoms with van der Waals surface area (Å²) in [6, 6.07) is 10.0. The zero-order valence-corrected chi connectivity index (χ0v) is 18.2. The van der Waals surface area contributed by atoms with Crippen molar-refractivity contribution in [1.29, 1.82) is 0 Å². The first kappa shape index (κ1) is 20.9. The largest absolute Gasteiger partial charge is 0.344 e. The summed E-state index contributed by atoms with van der Waals surface area (Å²) in [7, 11) is 0. The maximum atomic E-state index is 13.0. The summed E-state index contributed by atoms with van der Waals surface area (Å²) in [5.74, 6) is 1.17. The van der Waals surface area contributed by atoms with Crippen LogP contribution in [0.25, 0.3) is 0 Å². The third-order valence-electron chi connectivity index (χ3n) is 4.91. The Morgan fingerprint density at radius 3 is 2.96 bits per heavy atom. The fourth-order valence-corrected chi connectivity index (χ4v) is 5.18. The second-order valence-electron chi connectivity index (χ2n) is 7.27. The normalized spacial score (nSPS) is 14.4. The van der Waals surface area contributed by atoms with Crippen LogP contribution in [0.2, 0.25) is 0 Å². The van der Waals surface area contributed by atoms with Gasteiger partial charge in [0.2, 0.25) is 11.8 Å². The molecule has 1 aliphatic rings. The van der Waals surface area contributed by atoms with Crippen LogP contribution in [0.3, 0.4) is 0 Å². The zero-order valence-electron chi connectivity index (χ0n) is 16.6. The van der Waals surface area contributed by atoms with E-state index in [1.54, 1.807) is 23.1 Å². The van der Waals surface area contributed by atoms with Crippen molar-refractivity contribution in [1.82, 2.24) is 10.2 Å². The highest BCUT2D eigenvalue weighted by Gasteiger charge is 2.28. The lowest BCUT2D eigenvalue weighted by molar-refractivity contribution is -0.137. The second kappa shape index (κ2) is 10.1. The van der Waals surface area contributed by atoms with Crippen LogP contribution in [0.1, 0.15) is 41.3 Å². The molecule has 0 spiro atoms. The van der Waals surface area contributed by atoms with Gasteiger partial charge < -0.3 is 10.2 Å². The van der Waals surface area contributed by atoms with Gasteiger partial charge in [-0.3, -0.25) is 9.59 Å². The van der Waals surface area contributed by atoms with Crippen LogP contribution in [-0.4, -0.2) is 35.1 Å². The van der Waals surface area contributed by atoms with Gasteiger partial charge in [0.15, 0.2) is 0 Å². The number of hydrogen-bond donors (Lipinski definition) is 1. The molecule has 2 heterocycles. The summed E-state index contributed by atoms with van der Waals surface area (Å²) in [5.41, 5.74) is 3.70. The van der Waals surface area contributed by atoms with Crippen molar-refractivity contribution >= 4 is 34.9 Å². The number of carbonyl (C=O) groups excluding carboxylic acids is 2. The Morgan fingerprint density at radius 1 is 1.32 bits per heavy atom. The molecule has 2 amide bonds. The molecule has 0 radical (unpaired) electrons. The van der Waals surface area contributed by atoms with E-state index in [1.165, 1.54) is 21.6 Å². The van der Waals surface area contributed by atoms with Gasteiger partial charge in [-0.25, -0.2) is 0 Å². The summed E-state index contributed by atoms with van der Waals surface area (Å²) in [6.07, 6.45) is 2.46. The van der Waals surface area contributed by atoms with Gasteiger partial charge in [-0.1, -0.05) is 43.2 Å². The topological polar surface area (TPSA) is 49.4 Å². The van der Waals surface area contributed by atoms with E-state index in [2.05, 4.69) is 41.9 Å². The van der Waals surface area contributed by atoms with Crippen molar-refractivity contribution in [3.05, 3.63) is 57.3 Å². The van der Waals surface area contributed by atoms with Crippen molar-refractivity contribution < 1.29 is 9.59 Å². The number of thiophene rings is 1. The van der Waals surface area contributed by atoms with Crippen LogP contribution in [-0.2, 0) is 28.3 Å². The molecule has 0 aliphatic carbocycles. The fraction of sp³-hybridized carbons (Fsp3) is 0.455. The van der Waals surface area contributed by atoms with E-state index in [9.17, 15) is 9.59 Å². The molecule has 1 unspecified atom stereocenters. The molecule has 1 aromatic carbocycles. The van der Waals surface area contributed by atoms with Crippen molar-refractivity contribution in [2.24, 2.45) is 0 Å². The number of fused-ring (bicyclic) bond motifs is 1. The summed E-state index contributed by atoms with van der Waals surface area (Å²) in [5, 5.41) is 5.07. The van der Waals surface area contributed by atoms with Crippen molar-refractivity contribution in [2.75, 3.05) is 12.3 Å². The third kappa shape index (κ3) is 5.61. The molecule has 0 saturated carbocycles. The Balaban J connectivity index is 1.50. The van der Waals surface area contributed by atoms with E-state index >= 15 is 0 Å². The van der Waals surface area contributed by atoms with Gasteiger partial charge >= 0.3 is 0 Å². The molecule has 1 N–H and O–H groups in total. The number of rotatable bonds is 8. The molecule has 0 bridgehead atoms. The number of nitrogens with one attached hydrogen (secondary N) is 1. The van der Waals surface area contributed by atoms with E-state index < -0.39 is 6.04 Å². The van der Waals surface area contributed by atoms with Gasteiger partial charge in [0.1, 0.15) is 6.04 Å². The number of carbonyl (C=O) groups is 2. The van der Waals surface area contributed by atoms with Crippen LogP contribution in [0.5, 0.6) is 0 Å². The number of benzene rings is 1. The first-order valence-corrected chi connectivity index (χ1v) is 11.9. The first-order chi connectivity index (χ1) is 13.6. The van der Waals surface area contributed by atoms with E-state index in [1.807, 2.05) is 17.9 Å². The van der Waals surface area contributed by atoms with E-state index in [-0.39, 0.29) is 11.8 Å². The number of aryl methyl sites for hydroxylation is 1. The molecule has 1 atom stereocenters. The predicted octanol–water partition coefficient (Wildman–Crippen LogP) is 4.16. The molecule has 3 rings (SSSR count). The minimum absolute atomic E-state index is 0.0516. The highest BCUT2D eigenvalue weighted by molar-refractivity contribution is 7.99. The van der Waals surface area contributed by atoms with Gasteiger partial charge in [-0.05, 0) is 42.3 Å². The highest BCUT2D eigenvalue weighted by atomic mass is 32.2. The molecular formula is C22H28N2O2S2. The SMILES string of the molecule is CCCC(NC(=O)CSCc1cccc(C)c1)C(=O)N1CCc2sccc2C1. The summed E-state index contributed by atoms with van der Waals surface area (Å²) in [4.78, 5) is 28.7. The first-order valence-electron chi connectivity index (χ1n) is 9.83. The van der Waals surface area contributed by atoms with Crippen molar-refractivity contribution in [3.8, 4) is 0 Å². The van der Waals surface area contributed by atoms with Crippen LogP contribution >= 0.6 is 23.1 Å². The minimum Gasteiger partial charge on any atom is -0.344 e. The molecule has 28 heavy (non-hydrogen) atoms. The Bertz CT molecular complexity index is 818.